The molecular weight excluding hydrogens is 308 g/mol. The molecule has 2 amide bonds. The van der Waals surface area contributed by atoms with E-state index < -0.39 is 6.10 Å². The van der Waals surface area contributed by atoms with Gasteiger partial charge in [0.15, 0.2) is 11.5 Å². The van der Waals surface area contributed by atoms with Crippen LogP contribution in [0.3, 0.4) is 0 Å². The number of hydrogen-bond donors (Lipinski definition) is 1. The Hall–Kier alpha value is -3.02. The summed E-state index contributed by atoms with van der Waals surface area (Å²) >= 11 is 0. The second kappa shape index (κ2) is 6.62. The van der Waals surface area contributed by atoms with Crippen molar-refractivity contribution >= 4 is 17.5 Å². The third kappa shape index (κ3) is 3.32. The van der Waals surface area contributed by atoms with Crippen LogP contribution in [0.5, 0.6) is 11.5 Å². The highest BCUT2D eigenvalue weighted by atomic mass is 16.6. The Morgan fingerprint density at radius 3 is 2.38 bits per heavy atom. The van der Waals surface area contributed by atoms with E-state index >= 15 is 0 Å². The fraction of sp³-hybridized carbons (Fsp3) is 0.222. The molecule has 1 aliphatic rings. The van der Waals surface area contributed by atoms with Gasteiger partial charge in [0.1, 0.15) is 6.61 Å². The number of benzene rings is 2. The van der Waals surface area contributed by atoms with E-state index in [4.69, 9.17) is 9.47 Å². The van der Waals surface area contributed by atoms with Gasteiger partial charge in [-0.25, -0.2) is 0 Å². The highest BCUT2D eigenvalue weighted by Gasteiger charge is 2.27. The monoisotopic (exact) mass is 326 g/mol. The first kappa shape index (κ1) is 15.9. The Morgan fingerprint density at radius 1 is 1.04 bits per heavy atom. The van der Waals surface area contributed by atoms with Crippen LogP contribution in [0.1, 0.15) is 10.4 Å². The number of fused-ring (bicyclic) bond motifs is 1. The van der Waals surface area contributed by atoms with Gasteiger partial charge in [-0.15, -0.1) is 0 Å². The molecule has 1 aliphatic heterocycles. The first-order valence-corrected chi connectivity index (χ1v) is 7.55. The van der Waals surface area contributed by atoms with Gasteiger partial charge in [-0.2, -0.15) is 0 Å². The molecule has 0 saturated carbocycles. The van der Waals surface area contributed by atoms with Crippen LogP contribution >= 0.6 is 0 Å². The molecule has 0 spiro atoms. The molecule has 0 aliphatic carbocycles. The first-order chi connectivity index (χ1) is 11.5. The summed E-state index contributed by atoms with van der Waals surface area (Å²) in [6, 6.07) is 13.9. The maximum Gasteiger partial charge on any atom is 0.269 e. The molecule has 0 fully saturated rings. The number of para-hydroxylation sites is 2. The average molecular weight is 326 g/mol. The molecule has 124 valence electrons. The molecule has 0 saturated heterocycles. The van der Waals surface area contributed by atoms with Gasteiger partial charge in [0.25, 0.3) is 11.8 Å². The molecule has 1 N–H and O–H groups in total. The zero-order chi connectivity index (χ0) is 17.1. The van der Waals surface area contributed by atoms with E-state index in [1.165, 1.54) is 4.90 Å². The second-order valence-electron chi connectivity index (χ2n) is 5.63. The molecule has 6 nitrogen and oxygen atoms in total. The summed E-state index contributed by atoms with van der Waals surface area (Å²) in [5, 5.41) is 2.77. The van der Waals surface area contributed by atoms with Gasteiger partial charge >= 0.3 is 0 Å². The van der Waals surface area contributed by atoms with Crippen molar-refractivity contribution in [3.63, 3.8) is 0 Å². The lowest BCUT2D eigenvalue weighted by Gasteiger charge is -2.25. The molecule has 1 atom stereocenters. The molecule has 3 rings (SSSR count). The number of hydrogen-bond acceptors (Lipinski definition) is 4. The number of anilines is 1. The predicted molar refractivity (Wildman–Crippen MR) is 89.4 cm³/mol. The highest BCUT2D eigenvalue weighted by molar-refractivity contribution is 5.97. The van der Waals surface area contributed by atoms with Crippen LogP contribution in [-0.4, -0.2) is 43.5 Å². The zero-order valence-corrected chi connectivity index (χ0v) is 13.5. The van der Waals surface area contributed by atoms with E-state index in [0.29, 0.717) is 22.7 Å². The lowest BCUT2D eigenvalue weighted by Crippen LogP contribution is -2.40. The number of nitrogens with zero attached hydrogens (tertiary/aromatic N) is 1. The van der Waals surface area contributed by atoms with Crippen molar-refractivity contribution in [2.75, 3.05) is 26.0 Å². The standard InChI is InChI=1S/C18H18N2O4/c1-20(2)18(22)12-7-9-13(10-8-12)19-17(21)16-11-23-14-5-3-4-6-15(14)24-16/h3-10,16H,11H2,1-2H3,(H,19,21). The molecule has 6 heteroatoms. The van der Waals surface area contributed by atoms with Crippen LogP contribution in [0.15, 0.2) is 48.5 Å². The third-order valence-electron chi connectivity index (χ3n) is 3.61. The topological polar surface area (TPSA) is 67.9 Å². The minimum absolute atomic E-state index is 0.0894. The Morgan fingerprint density at radius 2 is 1.71 bits per heavy atom. The number of carbonyl (C=O) groups excluding carboxylic acids is 2. The fourth-order valence-electron chi connectivity index (χ4n) is 2.33. The molecule has 2 aromatic carbocycles. The van der Waals surface area contributed by atoms with Crippen LogP contribution in [0.2, 0.25) is 0 Å². The van der Waals surface area contributed by atoms with Crippen LogP contribution in [0.4, 0.5) is 5.69 Å². The summed E-state index contributed by atoms with van der Waals surface area (Å²) in [5.41, 5.74) is 1.15. The van der Waals surface area contributed by atoms with Gasteiger partial charge in [-0.05, 0) is 36.4 Å². The molecule has 0 bridgehead atoms. The van der Waals surface area contributed by atoms with Crippen molar-refractivity contribution in [2.45, 2.75) is 6.10 Å². The summed E-state index contributed by atoms with van der Waals surface area (Å²) in [7, 11) is 3.38. The van der Waals surface area contributed by atoms with E-state index in [2.05, 4.69) is 5.32 Å². The molecular formula is C18H18N2O4. The number of rotatable bonds is 3. The Balaban J connectivity index is 1.64. The minimum atomic E-state index is -0.719. The smallest absolute Gasteiger partial charge is 0.269 e. The van der Waals surface area contributed by atoms with Crippen molar-refractivity contribution in [2.24, 2.45) is 0 Å². The van der Waals surface area contributed by atoms with Gasteiger partial charge in [0.05, 0.1) is 0 Å². The normalized spacial score (nSPS) is 15.5. The molecule has 0 aromatic heterocycles. The SMILES string of the molecule is CN(C)C(=O)c1ccc(NC(=O)C2COc3ccccc3O2)cc1. The van der Waals surface area contributed by atoms with E-state index in [-0.39, 0.29) is 18.4 Å². The maximum atomic E-state index is 12.3. The summed E-state index contributed by atoms with van der Waals surface area (Å²) < 4.78 is 11.2. The van der Waals surface area contributed by atoms with Crippen molar-refractivity contribution < 1.29 is 19.1 Å². The zero-order valence-electron chi connectivity index (χ0n) is 13.5. The summed E-state index contributed by atoms with van der Waals surface area (Å²) in [5.74, 6) is 0.800. The van der Waals surface area contributed by atoms with Crippen LogP contribution in [-0.2, 0) is 4.79 Å². The fourth-order valence-corrected chi connectivity index (χ4v) is 2.33. The lowest BCUT2D eigenvalue weighted by atomic mass is 10.2. The Bertz CT molecular complexity index is 756. The van der Waals surface area contributed by atoms with Crippen molar-refractivity contribution in [1.82, 2.24) is 4.90 Å². The lowest BCUT2D eigenvalue weighted by molar-refractivity contribution is -0.125. The summed E-state index contributed by atoms with van der Waals surface area (Å²) in [4.78, 5) is 25.7. The second-order valence-corrected chi connectivity index (χ2v) is 5.63. The summed E-state index contributed by atoms with van der Waals surface area (Å²) in [6.45, 7) is 0.153. The highest BCUT2D eigenvalue weighted by Crippen LogP contribution is 2.31. The van der Waals surface area contributed by atoms with E-state index in [1.807, 2.05) is 12.1 Å². The molecule has 0 radical (unpaired) electrons. The Kier molecular flexibility index (Phi) is 4.37. The van der Waals surface area contributed by atoms with Gasteiger partial charge in [-0.1, -0.05) is 12.1 Å². The quantitative estimate of drug-likeness (QED) is 0.938. The molecule has 2 aromatic rings. The molecule has 1 unspecified atom stereocenters. The van der Waals surface area contributed by atoms with Crippen molar-refractivity contribution in [1.29, 1.82) is 0 Å². The number of amides is 2. The maximum absolute atomic E-state index is 12.3. The van der Waals surface area contributed by atoms with Crippen LogP contribution in [0, 0.1) is 0 Å². The minimum Gasteiger partial charge on any atom is -0.485 e. The summed E-state index contributed by atoms with van der Waals surface area (Å²) in [6.07, 6.45) is -0.719. The van der Waals surface area contributed by atoms with Gasteiger partial charge < -0.3 is 19.7 Å². The molecule has 24 heavy (non-hydrogen) atoms. The van der Waals surface area contributed by atoms with Crippen molar-refractivity contribution in [3.8, 4) is 11.5 Å². The van der Waals surface area contributed by atoms with E-state index in [0.717, 1.165) is 0 Å². The van der Waals surface area contributed by atoms with Gasteiger partial charge in [0, 0.05) is 25.3 Å². The van der Waals surface area contributed by atoms with Gasteiger partial charge in [0.2, 0.25) is 6.10 Å². The number of nitrogens with one attached hydrogen (secondary N) is 1. The molecule has 1 heterocycles. The Labute approximate surface area is 140 Å². The average Bonchev–Trinajstić information content (AvgIpc) is 2.61. The third-order valence-corrected chi connectivity index (χ3v) is 3.61. The largest absolute Gasteiger partial charge is 0.485 e. The number of ether oxygens (including phenoxy) is 2. The number of carbonyl (C=O) groups is 2. The van der Waals surface area contributed by atoms with Crippen LogP contribution < -0.4 is 14.8 Å². The first-order valence-electron chi connectivity index (χ1n) is 7.55. The van der Waals surface area contributed by atoms with E-state index in [1.54, 1.807) is 50.5 Å². The van der Waals surface area contributed by atoms with E-state index in [9.17, 15) is 9.59 Å². The van der Waals surface area contributed by atoms with Crippen LogP contribution in [0.25, 0.3) is 0 Å². The van der Waals surface area contributed by atoms with Crippen molar-refractivity contribution in [3.05, 3.63) is 54.1 Å². The predicted octanol–water partition coefficient (Wildman–Crippen LogP) is 2.17. The van der Waals surface area contributed by atoms with Gasteiger partial charge in [-0.3, -0.25) is 9.59 Å².